The third-order valence-electron chi connectivity index (χ3n) is 2.67. The molecule has 0 aliphatic carbocycles. The summed E-state index contributed by atoms with van der Waals surface area (Å²) in [7, 11) is -4.06. The monoisotopic (exact) mass is 362 g/mol. The second-order valence-corrected chi connectivity index (χ2v) is 6.70. The predicted octanol–water partition coefficient (Wildman–Crippen LogP) is 3.03. The van der Waals surface area contributed by atoms with Gasteiger partial charge < -0.3 is 5.73 Å². The minimum absolute atomic E-state index is 0.0351. The lowest BCUT2D eigenvalue weighted by atomic mass is 10.2. The standard InChI is InChI=1S/C13H9Cl2FN2O3S/c14-10-3-2-8(6-9(10)13(17)19)18-22(20,21)12-4-1-7(16)5-11(12)15/h1-6,18H,(H2,17,19). The van der Waals surface area contributed by atoms with Gasteiger partial charge in [0.15, 0.2) is 0 Å². The summed E-state index contributed by atoms with van der Waals surface area (Å²) in [6.45, 7) is 0. The maximum absolute atomic E-state index is 13.0. The molecule has 0 atom stereocenters. The molecule has 22 heavy (non-hydrogen) atoms. The largest absolute Gasteiger partial charge is 0.366 e. The van der Waals surface area contributed by atoms with Crippen molar-refractivity contribution in [2.24, 2.45) is 5.73 Å². The zero-order chi connectivity index (χ0) is 16.5. The summed E-state index contributed by atoms with van der Waals surface area (Å²) in [6, 6.07) is 6.75. The number of rotatable bonds is 4. The van der Waals surface area contributed by atoms with Crippen LogP contribution in [-0.4, -0.2) is 14.3 Å². The van der Waals surface area contributed by atoms with E-state index in [9.17, 15) is 17.6 Å². The number of benzene rings is 2. The van der Waals surface area contributed by atoms with Gasteiger partial charge in [-0.05, 0) is 36.4 Å². The summed E-state index contributed by atoms with van der Waals surface area (Å²) in [5, 5.41) is -0.174. The summed E-state index contributed by atoms with van der Waals surface area (Å²) in [4.78, 5) is 10.9. The molecule has 9 heteroatoms. The van der Waals surface area contributed by atoms with Gasteiger partial charge in [-0.15, -0.1) is 0 Å². The Labute approximate surface area is 135 Å². The van der Waals surface area contributed by atoms with Gasteiger partial charge in [0.2, 0.25) is 5.91 Å². The molecular formula is C13H9Cl2FN2O3S. The number of amides is 1. The third kappa shape index (κ3) is 3.49. The second kappa shape index (κ2) is 6.12. The average Bonchev–Trinajstić information content (AvgIpc) is 2.39. The summed E-state index contributed by atoms with van der Waals surface area (Å²) < 4.78 is 39.7. The molecule has 0 fully saturated rings. The smallest absolute Gasteiger partial charge is 0.263 e. The van der Waals surface area contributed by atoms with Crippen LogP contribution < -0.4 is 10.5 Å². The molecule has 0 spiro atoms. The number of hydrogen-bond acceptors (Lipinski definition) is 3. The topological polar surface area (TPSA) is 89.3 Å². The lowest BCUT2D eigenvalue weighted by Crippen LogP contribution is -2.16. The first kappa shape index (κ1) is 16.5. The lowest BCUT2D eigenvalue weighted by Gasteiger charge is -2.11. The van der Waals surface area contributed by atoms with Gasteiger partial charge in [0.1, 0.15) is 10.7 Å². The molecule has 0 radical (unpaired) electrons. The number of hydrogen-bond donors (Lipinski definition) is 2. The van der Waals surface area contributed by atoms with E-state index in [4.69, 9.17) is 28.9 Å². The number of nitrogens with one attached hydrogen (secondary N) is 1. The molecule has 0 heterocycles. The van der Waals surface area contributed by atoms with Crippen LogP contribution in [0.1, 0.15) is 10.4 Å². The Balaban J connectivity index is 2.41. The Kier molecular flexibility index (Phi) is 4.60. The van der Waals surface area contributed by atoms with E-state index in [0.29, 0.717) is 0 Å². The Morgan fingerprint density at radius 1 is 1.09 bits per heavy atom. The fourth-order valence-corrected chi connectivity index (χ4v) is 3.47. The fraction of sp³-hybridized carbons (Fsp3) is 0. The van der Waals surface area contributed by atoms with Crippen molar-refractivity contribution in [3.63, 3.8) is 0 Å². The quantitative estimate of drug-likeness (QED) is 0.875. The number of primary amides is 1. The van der Waals surface area contributed by atoms with Crippen molar-refractivity contribution in [1.82, 2.24) is 0 Å². The number of carbonyl (C=O) groups is 1. The second-order valence-electron chi connectivity index (χ2n) is 4.24. The minimum atomic E-state index is -4.06. The SMILES string of the molecule is NC(=O)c1cc(NS(=O)(=O)c2ccc(F)cc2Cl)ccc1Cl. The Hall–Kier alpha value is -1.83. The van der Waals surface area contributed by atoms with E-state index in [1.807, 2.05) is 0 Å². The van der Waals surface area contributed by atoms with Crippen LogP contribution in [0.3, 0.4) is 0 Å². The fourth-order valence-electron chi connectivity index (χ4n) is 1.68. The molecule has 0 aromatic heterocycles. The lowest BCUT2D eigenvalue weighted by molar-refractivity contribution is 0.100. The van der Waals surface area contributed by atoms with Crippen molar-refractivity contribution in [2.75, 3.05) is 4.72 Å². The van der Waals surface area contributed by atoms with Crippen LogP contribution in [0.4, 0.5) is 10.1 Å². The van der Waals surface area contributed by atoms with Crippen LogP contribution in [0.25, 0.3) is 0 Å². The van der Waals surface area contributed by atoms with Gasteiger partial charge in [-0.25, -0.2) is 12.8 Å². The minimum Gasteiger partial charge on any atom is -0.366 e. The number of sulfonamides is 1. The molecule has 0 saturated heterocycles. The molecule has 116 valence electrons. The molecule has 0 unspecified atom stereocenters. The molecule has 0 bridgehead atoms. The number of carbonyl (C=O) groups excluding carboxylic acids is 1. The van der Waals surface area contributed by atoms with Crippen molar-refractivity contribution in [1.29, 1.82) is 0 Å². The maximum Gasteiger partial charge on any atom is 0.263 e. The Bertz CT molecular complexity index is 856. The average molecular weight is 363 g/mol. The normalized spacial score (nSPS) is 11.2. The third-order valence-corrected chi connectivity index (χ3v) is 4.86. The zero-order valence-electron chi connectivity index (χ0n) is 10.8. The zero-order valence-corrected chi connectivity index (χ0v) is 13.1. The van der Waals surface area contributed by atoms with E-state index in [2.05, 4.69) is 4.72 Å². The van der Waals surface area contributed by atoms with Crippen LogP contribution in [0.2, 0.25) is 10.0 Å². The van der Waals surface area contributed by atoms with E-state index in [1.54, 1.807) is 0 Å². The number of nitrogens with two attached hydrogens (primary N) is 1. The van der Waals surface area contributed by atoms with Crippen molar-refractivity contribution >= 4 is 44.8 Å². The van der Waals surface area contributed by atoms with Crippen LogP contribution in [0.5, 0.6) is 0 Å². The first-order valence-corrected chi connectivity index (χ1v) is 8.02. The maximum atomic E-state index is 13.0. The van der Waals surface area contributed by atoms with Gasteiger partial charge in [0.25, 0.3) is 10.0 Å². The van der Waals surface area contributed by atoms with Crippen LogP contribution in [-0.2, 0) is 10.0 Å². The Morgan fingerprint density at radius 2 is 1.77 bits per heavy atom. The van der Waals surface area contributed by atoms with E-state index in [0.717, 1.165) is 18.2 Å². The highest BCUT2D eigenvalue weighted by Gasteiger charge is 2.19. The van der Waals surface area contributed by atoms with Gasteiger partial charge in [-0.2, -0.15) is 0 Å². The molecule has 0 aliphatic rings. The molecule has 0 saturated carbocycles. The van der Waals surface area contributed by atoms with Gasteiger partial charge in [-0.1, -0.05) is 23.2 Å². The van der Waals surface area contributed by atoms with Crippen molar-refractivity contribution in [3.8, 4) is 0 Å². The summed E-state index contributed by atoms with van der Waals surface area (Å²) in [5.41, 5.74) is 5.17. The summed E-state index contributed by atoms with van der Waals surface area (Å²) >= 11 is 11.5. The van der Waals surface area contributed by atoms with Gasteiger partial charge in [0, 0.05) is 5.69 Å². The first-order valence-electron chi connectivity index (χ1n) is 5.78. The van der Waals surface area contributed by atoms with E-state index in [1.165, 1.54) is 18.2 Å². The van der Waals surface area contributed by atoms with Crippen LogP contribution >= 0.6 is 23.2 Å². The van der Waals surface area contributed by atoms with Crippen molar-refractivity contribution in [3.05, 3.63) is 57.8 Å². The van der Waals surface area contributed by atoms with E-state index >= 15 is 0 Å². The highest BCUT2D eigenvalue weighted by atomic mass is 35.5. The molecule has 5 nitrogen and oxygen atoms in total. The van der Waals surface area contributed by atoms with E-state index < -0.39 is 21.7 Å². The van der Waals surface area contributed by atoms with Crippen molar-refractivity contribution in [2.45, 2.75) is 4.90 Å². The summed E-state index contributed by atoms with van der Waals surface area (Å²) in [6.07, 6.45) is 0. The summed E-state index contributed by atoms with van der Waals surface area (Å²) in [5.74, 6) is -1.46. The molecule has 2 aromatic rings. The molecular weight excluding hydrogens is 354 g/mol. The number of halogens is 3. The first-order chi connectivity index (χ1) is 10.2. The molecule has 0 aliphatic heterocycles. The van der Waals surface area contributed by atoms with Crippen molar-refractivity contribution < 1.29 is 17.6 Å². The highest BCUT2D eigenvalue weighted by molar-refractivity contribution is 7.92. The van der Waals surface area contributed by atoms with Crippen LogP contribution in [0.15, 0.2) is 41.3 Å². The molecule has 2 rings (SSSR count). The van der Waals surface area contributed by atoms with Crippen LogP contribution in [0, 0.1) is 5.82 Å². The Morgan fingerprint density at radius 3 is 2.36 bits per heavy atom. The predicted molar refractivity (Wildman–Crippen MR) is 82.2 cm³/mol. The van der Waals surface area contributed by atoms with Gasteiger partial charge in [-0.3, -0.25) is 9.52 Å². The van der Waals surface area contributed by atoms with E-state index in [-0.39, 0.29) is 26.2 Å². The van der Waals surface area contributed by atoms with Gasteiger partial charge in [0.05, 0.1) is 15.6 Å². The molecule has 2 aromatic carbocycles. The number of anilines is 1. The molecule has 3 N–H and O–H groups in total. The highest BCUT2D eigenvalue weighted by Crippen LogP contribution is 2.26. The van der Waals surface area contributed by atoms with Gasteiger partial charge >= 0.3 is 0 Å². The molecule has 1 amide bonds.